The first-order valence-electron chi connectivity index (χ1n) is 6.24. The molecule has 0 aliphatic carbocycles. The summed E-state index contributed by atoms with van der Waals surface area (Å²) in [4.78, 5) is 22.7. The van der Waals surface area contributed by atoms with Crippen molar-refractivity contribution in [3.63, 3.8) is 0 Å². The standard InChI is InChI=1S/C14H20N2O3/c1-11(17)12-3-5-13(6-4-12)16-14(18)7-8-15-9-10-19-2/h3-6,15H,7-10H2,1-2H3,(H,16,18). The summed E-state index contributed by atoms with van der Waals surface area (Å²) in [6.07, 6.45) is 0.401. The third-order valence-corrected chi connectivity index (χ3v) is 2.59. The van der Waals surface area contributed by atoms with Crippen molar-refractivity contribution in [2.45, 2.75) is 13.3 Å². The molecular weight excluding hydrogens is 244 g/mol. The van der Waals surface area contributed by atoms with Gasteiger partial charge in [0.05, 0.1) is 6.61 Å². The van der Waals surface area contributed by atoms with Crippen molar-refractivity contribution in [1.29, 1.82) is 0 Å². The number of ketones is 1. The van der Waals surface area contributed by atoms with Crippen molar-refractivity contribution in [2.24, 2.45) is 0 Å². The second-order valence-corrected chi connectivity index (χ2v) is 4.17. The van der Waals surface area contributed by atoms with E-state index in [1.54, 1.807) is 31.4 Å². The van der Waals surface area contributed by atoms with Crippen molar-refractivity contribution in [2.75, 3.05) is 32.1 Å². The lowest BCUT2D eigenvalue weighted by molar-refractivity contribution is -0.116. The minimum Gasteiger partial charge on any atom is -0.383 e. The molecule has 0 aromatic heterocycles. The molecule has 1 amide bonds. The van der Waals surface area contributed by atoms with Gasteiger partial charge >= 0.3 is 0 Å². The Morgan fingerprint density at radius 3 is 2.42 bits per heavy atom. The summed E-state index contributed by atoms with van der Waals surface area (Å²) in [5.74, 6) is -0.0410. The molecule has 0 aliphatic rings. The molecule has 1 aromatic rings. The fraction of sp³-hybridized carbons (Fsp3) is 0.429. The summed E-state index contributed by atoms with van der Waals surface area (Å²) in [5.41, 5.74) is 1.34. The smallest absolute Gasteiger partial charge is 0.225 e. The lowest BCUT2D eigenvalue weighted by atomic mass is 10.1. The van der Waals surface area contributed by atoms with Crippen LogP contribution in [0.4, 0.5) is 5.69 Å². The predicted octanol–water partition coefficient (Wildman–Crippen LogP) is 1.45. The topological polar surface area (TPSA) is 67.4 Å². The molecule has 1 rings (SSSR count). The molecular formula is C14H20N2O3. The summed E-state index contributed by atoms with van der Waals surface area (Å²) < 4.78 is 4.88. The van der Waals surface area contributed by atoms with Crippen LogP contribution in [0, 0.1) is 0 Å². The quantitative estimate of drug-likeness (QED) is 0.551. The number of hydrogen-bond donors (Lipinski definition) is 2. The molecule has 0 heterocycles. The van der Waals surface area contributed by atoms with Gasteiger partial charge in [-0.2, -0.15) is 0 Å². The summed E-state index contributed by atoms with van der Waals surface area (Å²) in [6, 6.07) is 6.86. The van der Waals surface area contributed by atoms with Gasteiger partial charge in [0, 0.05) is 37.9 Å². The molecule has 5 heteroatoms. The summed E-state index contributed by atoms with van der Waals surface area (Å²) in [7, 11) is 1.64. The lowest BCUT2D eigenvalue weighted by Gasteiger charge is -2.06. The molecule has 0 radical (unpaired) electrons. The van der Waals surface area contributed by atoms with Crippen LogP contribution in [0.1, 0.15) is 23.7 Å². The molecule has 19 heavy (non-hydrogen) atoms. The maximum absolute atomic E-state index is 11.6. The maximum atomic E-state index is 11.6. The largest absolute Gasteiger partial charge is 0.383 e. The SMILES string of the molecule is COCCNCCC(=O)Nc1ccc(C(C)=O)cc1. The van der Waals surface area contributed by atoms with Crippen LogP contribution < -0.4 is 10.6 Å². The van der Waals surface area contributed by atoms with Gasteiger partial charge in [-0.15, -0.1) is 0 Å². The Morgan fingerprint density at radius 1 is 1.16 bits per heavy atom. The third-order valence-electron chi connectivity index (χ3n) is 2.59. The van der Waals surface area contributed by atoms with Crippen molar-refractivity contribution in [1.82, 2.24) is 5.32 Å². The Balaban J connectivity index is 2.30. The van der Waals surface area contributed by atoms with Crippen LogP contribution >= 0.6 is 0 Å². The minimum atomic E-state index is -0.0551. The lowest BCUT2D eigenvalue weighted by Crippen LogP contribution is -2.24. The van der Waals surface area contributed by atoms with Gasteiger partial charge in [-0.1, -0.05) is 0 Å². The zero-order valence-corrected chi connectivity index (χ0v) is 11.4. The van der Waals surface area contributed by atoms with Gasteiger partial charge in [-0.25, -0.2) is 0 Å². The van der Waals surface area contributed by atoms with Gasteiger partial charge in [0.2, 0.25) is 5.91 Å². The second-order valence-electron chi connectivity index (χ2n) is 4.17. The number of benzene rings is 1. The van der Waals surface area contributed by atoms with Crippen LogP contribution in [-0.4, -0.2) is 38.5 Å². The van der Waals surface area contributed by atoms with E-state index >= 15 is 0 Å². The molecule has 1 aromatic carbocycles. The highest BCUT2D eigenvalue weighted by molar-refractivity contribution is 5.95. The summed E-state index contributed by atoms with van der Waals surface area (Å²) in [5, 5.41) is 5.87. The highest BCUT2D eigenvalue weighted by Gasteiger charge is 2.03. The van der Waals surface area contributed by atoms with Crippen LogP contribution in [0.15, 0.2) is 24.3 Å². The van der Waals surface area contributed by atoms with Crippen LogP contribution in [0.25, 0.3) is 0 Å². The van der Waals surface area contributed by atoms with E-state index in [4.69, 9.17) is 4.74 Å². The monoisotopic (exact) mass is 264 g/mol. The molecule has 5 nitrogen and oxygen atoms in total. The average Bonchev–Trinajstić information content (AvgIpc) is 2.39. The predicted molar refractivity (Wildman–Crippen MR) is 74.4 cm³/mol. The zero-order chi connectivity index (χ0) is 14.1. The van der Waals surface area contributed by atoms with Gasteiger partial charge in [0.15, 0.2) is 5.78 Å². The Bertz CT molecular complexity index is 415. The van der Waals surface area contributed by atoms with Crippen LogP contribution in [0.2, 0.25) is 0 Å². The fourth-order valence-electron chi connectivity index (χ4n) is 1.51. The Morgan fingerprint density at radius 2 is 1.84 bits per heavy atom. The molecule has 0 saturated heterocycles. The number of ether oxygens (including phenoxy) is 1. The summed E-state index contributed by atoms with van der Waals surface area (Å²) >= 11 is 0. The molecule has 2 N–H and O–H groups in total. The number of carbonyl (C=O) groups is 2. The van der Waals surface area contributed by atoms with Gasteiger partial charge in [0.1, 0.15) is 0 Å². The van der Waals surface area contributed by atoms with E-state index < -0.39 is 0 Å². The molecule has 0 spiro atoms. The van der Waals surface area contributed by atoms with E-state index in [0.717, 1.165) is 6.54 Å². The van der Waals surface area contributed by atoms with Crippen molar-refractivity contribution in [3.8, 4) is 0 Å². The Labute approximate surface area is 113 Å². The molecule has 0 unspecified atom stereocenters. The highest BCUT2D eigenvalue weighted by atomic mass is 16.5. The van der Waals surface area contributed by atoms with Gasteiger partial charge in [-0.3, -0.25) is 9.59 Å². The van der Waals surface area contributed by atoms with E-state index in [2.05, 4.69) is 10.6 Å². The molecule has 0 atom stereocenters. The van der Waals surface area contributed by atoms with E-state index in [-0.39, 0.29) is 11.7 Å². The zero-order valence-electron chi connectivity index (χ0n) is 11.4. The number of carbonyl (C=O) groups excluding carboxylic acids is 2. The average molecular weight is 264 g/mol. The van der Waals surface area contributed by atoms with Gasteiger partial charge in [0.25, 0.3) is 0 Å². The Hall–Kier alpha value is -1.72. The van der Waals surface area contributed by atoms with Crippen molar-refractivity contribution < 1.29 is 14.3 Å². The van der Waals surface area contributed by atoms with Crippen molar-refractivity contribution in [3.05, 3.63) is 29.8 Å². The first kappa shape index (κ1) is 15.3. The van der Waals surface area contributed by atoms with E-state index in [9.17, 15) is 9.59 Å². The second kappa shape index (κ2) is 8.39. The number of rotatable bonds is 8. The molecule has 0 saturated carbocycles. The van der Waals surface area contributed by atoms with Crippen LogP contribution in [-0.2, 0) is 9.53 Å². The summed E-state index contributed by atoms with van der Waals surface area (Å²) in [6.45, 7) is 3.49. The number of nitrogens with one attached hydrogen (secondary N) is 2. The first-order chi connectivity index (χ1) is 9.13. The molecule has 104 valence electrons. The van der Waals surface area contributed by atoms with Gasteiger partial charge < -0.3 is 15.4 Å². The van der Waals surface area contributed by atoms with E-state index in [0.29, 0.717) is 30.8 Å². The van der Waals surface area contributed by atoms with Crippen molar-refractivity contribution >= 4 is 17.4 Å². The first-order valence-corrected chi connectivity index (χ1v) is 6.24. The number of amides is 1. The molecule has 0 bridgehead atoms. The fourth-order valence-corrected chi connectivity index (χ4v) is 1.51. The van der Waals surface area contributed by atoms with Crippen LogP contribution in [0.5, 0.6) is 0 Å². The maximum Gasteiger partial charge on any atom is 0.225 e. The number of methoxy groups -OCH3 is 1. The number of anilines is 1. The third kappa shape index (κ3) is 6.13. The van der Waals surface area contributed by atoms with E-state index in [1.807, 2.05) is 0 Å². The molecule has 0 aliphatic heterocycles. The highest BCUT2D eigenvalue weighted by Crippen LogP contribution is 2.10. The Kier molecular flexibility index (Phi) is 6.78. The van der Waals surface area contributed by atoms with Crippen LogP contribution in [0.3, 0.4) is 0 Å². The van der Waals surface area contributed by atoms with Gasteiger partial charge in [-0.05, 0) is 31.2 Å². The normalized spacial score (nSPS) is 10.2. The number of Topliss-reactive ketones (excluding diaryl/α,β-unsaturated/α-hetero) is 1. The minimum absolute atomic E-state index is 0.0141. The number of hydrogen-bond acceptors (Lipinski definition) is 4. The molecule has 0 fully saturated rings. The van der Waals surface area contributed by atoms with E-state index in [1.165, 1.54) is 6.92 Å².